The van der Waals surface area contributed by atoms with Gasteiger partial charge < -0.3 is 10.2 Å². The predicted molar refractivity (Wildman–Crippen MR) is 89.9 cm³/mol. The van der Waals surface area contributed by atoms with E-state index in [-0.39, 0.29) is 5.91 Å². The molecule has 2 aliphatic rings. The number of hydrogen-bond donors (Lipinski definition) is 1. The molecule has 0 radical (unpaired) electrons. The number of benzene rings is 1. The molecule has 1 aliphatic heterocycles. The highest BCUT2D eigenvalue weighted by molar-refractivity contribution is 5.73. The third kappa shape index (κ3) is 3.89. The molecule has 3 heteroatoms. The van der Waals surface area contributed by atoms with E-state index in [0.29, 0.717) is 18.0 Å². The molecule has 2 atom stereocenters. The first-order chi connectivity index (χ1) is 10.7. The molecular formula is C19H28N2O. The van der Waals surface area contributed by atoms with Crippen molar-refractivity contribution < 1.29 is 4.79 Å². The maximum Gasteiger partial charge on any atom is 0.219 e. The zero-order chi connectivity index (χ0) is 15.4. The van der Waals surface area contributed by atoms with E-state index < -0.39 is 0 Å². The summed E-state index contributed by atoms with van der Waals surface area (Å²) in [6.45, 7) is 3.43. The molecule has 22 heavy (non-hydrogen) atoms. The normalized spacial score (nSPS) is 26.9. The van der Waals surface area contributed by atoms with Gasteiger partial charge in [-0.15, -0.1) is 0 Å². The molecule has 1 saturated carbocycles. The Morgan fingerprint density at radius 1 is 1.05 bits per heavy atom. The molecule has 3 rings (SSSR count). The Hall–Kier alpha value is -1.35. The second-order valence-electron chi connectivity index (χ2n) is 6.97. The second kappa shape index (κ2) is 7.28. The van der Waals surface area contributed by atoms with Gasteiger partial charge in [-0.05, 0) is 24.8 Å². The van der Waals surface area contributed by atoms with Crippen LogP contribution < -0.4 is 5.32 Å². The predicted octanol–water partition coefficient (Wildman–Crippen LogP) is 3.31. The summed E-state index contributed by atoms with van der Waals surface area (Å²) >= 11 is 0. The van der Waals surface area contributed by atoms with Crippen molar-refractivity contribution in [1.29, 1.82) is 0 Å². The molecule has 2 fully saturated rings. The van der Waals surface area contributed by atoms with Crippen molar-refractivity contribution >= 4 is 5.91 Å². The quantitative estimate of drug-likeness (QED) is 0.929. The minimum atomic E-state index is 0.205. The number of carbonyl (C=O) groups is 1. The topological polar surface area (TPSA) is 32.3 Å². The molecule has 1 amide bonds. The van der Waals surface area contributed by atoms with Gasteiger partial charge >= 0.3 is 0 Å². The number of nitrogens with one attached hydrogen (secondary N) is 1. The molecular weight excluding hydrogens is 272 g/mol. The van der Waals surface area contributed by atoms with Gasteiger partial charge in [-0.1, -0.05) is 49.6 Å². The van der Waals surface area contributed by atoms with E-state index in [9.17, 15) is 4.79 Å². The van der Waals surface area contributed by atoms with Gasteiger partial charge in [0.15, 0.2) is 0 Å². The fraction of sp³-hybridized carbons (Fsp3) is 0.632. The summed E-state index contributed by atoms with van der Waals surface area (Å²) in [6, 6.07) is 11.8. The Morgan fingerprint density at radius 2 is 1.77 bits per heavy atom. The van der Waals surface area contributed by atoms with E-state index in [1.54, 1.807) is 6.92 Å². The molecule has 1 heterocycles. The molecule has 3 nitrogen and oxygen atoms in total. The van der Waals surface area contributed by atoms with E-state index in [0.717, 1.165) is 19.5 Å². The van der Waals surface area contributed by atoms with Gasteiger partial charge in [-0.3, -0.25) is 4.79 Å². The van der Waals surface area contributed by atoms with E-state index in [1.807, 2.05) is 4.90 Å². The molecule has 2 unspecified atom stereocenters. The minimum absolute atomic E-state index is 0.205. The fourth-order valence-corrected chi connectivity index (χ4v) is 4.05. The SMILES string of the molecule is CC(=O)N1CC(NC2CCCCC2)CC(c2ccccc2)C1. The van der Waals surface area contributed by atoms with Gasteiger partial charge in [0.1, 0.15) is 0 Å². The van der Waals surface area contributed by atoms with Gasteiger partial charge in [-0.25, -0.2) is 0 Å². The first-order valence-corrected chi connectivity index (χ1v) is 8.79. The number of amides is 1. The number of nitrogens with zero attached hydrogens (tertiary/aromatic N) is 1. The van der Waals surface area contributed by atoms with Crippen LogP contribution in [0, 0.1) is 0 Å². The summed E-state index contributed by atoms with van der Waals surface area (Å²) in [6.07, 6.45) is 7.82. The molecule has 0 bridgehead atoms. The van der Waals surface area contributed by atoms with Crippen LogP contribution in [-0.4, -0.2) is 36.0 Å². The third-order valence-corrected chi connectivity index (χ3v) is 5.24. The highest BCUT2D eigenvalue weighted by atomic mass is 16.2. The Kier molecular flexibility index (Phi) is 5.14. The maximum atomic E-state index is 11.9. The molecule has 120 valence electrons. The average molecular weight is 300 g/mol. The van der Waals surface area contributed by atoms with Crippen molar-refractivity contribution in [3.8, 4) is 0 Å². The molecule has 1 N–H and O–H groups in total. The van der Waals surface area contributed by atoms with E-state index >= 15 is 0 Å². The van der Waals surface area contributed by atoms with Crippen LogP contribution in [0.1, 0.15) is 56.9 Å². The molecule has 0 aromatic heterocycles. The Bertz CT molecular complexity index is 481. The van der Waals surface area contributed by atoms with Gasteiger partial charge in [0.25, 0.3) is 0 Å². The van der Waals surface area contributed by atoms with Crippen molar-refractivity contribution in [3.05, 3.63) is 35.9 Å². The number of hydrogen-bond acceptors (Lipinski definition) is 2. The fourth-order valence-electron chi connectivity index (χ4n) is 4.05. The van der Waals surface area contributed by atoms with Gasteiger partial charge in [0.05, 0.1) is 0 Å². The van der Waals surface area contributed by atoms with Crippen molar-refractivity contribution in [2.24, 2.45) is 0 Å². The summed E-state index contributed by atoms with van der Waals surface area (Å²) in [4.78, 5) is 13.9. The summed E-state index contributed by atoms with van der Waals surface area (Å²) < 4.78 is 0. The standard InChI is InChI=1S/C19H28N2O/c1-15(22)21-13-17(16-8-4-2-5-9-16)12-19(14-21)20-18-10-6-3-7-11-18/h2,4-5,8-9,17-20H,3,6-7,10-14H2,1H3. The lowest BCUT2D eigenvalue weighted by Crippen LogP contribution is -2.52. The van der Waals surface area contributed by atoms with E-state index in [4.69, 9.17) is 0 Å². The van der Waals surface area contributed by atoms with Crippen LogP contribution in [0.3, 0.4) is 0 Å². The number of likely N-dealkylation sites (tertiary alicyclic amines) is 1. The van der Waals surface area contributed by atoms with Crippen LogP contribution in [0.25, 0.3) is 0 Å². The van der Waals surface area contributed by atoms with E-state index in [1.165, 1.54) is 37.7 Å². The Morgan fingerprint density at radius 3 is 2.45 bits per heavy atom. The average Bonchev–Trinajstić information content (AvgIpc) is 2.56. The van der Waals surface area contributed by atoms with Crippen LogP contribution in [0.2, 0.25) is 0 Å². The van der Waals surface area contributed by atoms with Crippen LogP contribution in [0.5, 0.6) is 0 Å². The first-order valence-electron chi connectivity index (χ1n) is 8.79. The lowest BCUT2D eigenvalue weighted by molar-refractivity contribution is -0.130. The maximum absolute atomic E-state index is 11.9. The highest BCUT2D eigenvalue weighted by Crippen LogP contribution is 2.28. The molecule has 1 aliphatic carbocycles. The van der Waals surface area contributed by atoms with Crippen molar-refractivity contribution in [2.75, 3.05) is 13.1 Å². The van der Waals surface area contributed by atoms with Gasteiger partial charge in [0, 0.05) is 38.0 Å². The monoisotopic (exact) mass is 300 g/mol. The highest BCUT2D eigenvalue weighted by Gasteiger charge is 2.30. The first kappa shape index (κ1) is 15.5. The van der Waals surface area contributed by atoms with Crippen LogP contribution in [-0.2, 0) is 4.79 Å². The number of rotatable bonds is 3. The lowest BCUT2D eigenvalue weighted by Gasteiger charge is -2.40. The zero-order valence-corrected chi connectivity index (χ0v) is 13.6. The van der Waals surface area contributed by atoms with Crippen LogP contribution in [0.15, 0.2) is 30.3 Å². The molecule has 1 saturated heterocycles. The summed E-state index contributed by atoms with van der Waals surface area (Å²) in [5.41, 5.74) is 1.36. The number of piperidine rings is 1. The summed E-state index contributed by atoms with van der Waals surface area (Å²) in [7, 11) is 0. The van der Waals surface area contributed by atoms with Crippen molar-refractivity contribution in [2.45, 2.75) is 63.5 Å². The molecule has 1 aromatic carbocycles. The Labute approximate surface area is 134 Å². The smallest absolute Gasteiger partial charge is 0.219 e. The van der Waals surface area contributed by atoms with Crippen molar-refractivity contribution in [3.63, 3.8) is 0 Å². The summed E-state index contributed by atoms with van der Waals surface area (Å²) in [5, 5.41) is 3.85. The van der Waals surface area contributed by atoms with Crippen LogP contribution in [0.4, 0.5) is 0 Å². The Balaban J connectivity index is 1.68. The summed E-state index contributed by atoms with van der Waals surface area (Å²) in [5.74, 6) is 0.663. The zero-order valence-electron chi connectivity index (χ0n) is 13.6. The lowest BCUT2D eigenvalue weighted by atomic mass is 9.86. The minimum Gasteiger partial charge on any atom is -0.341 e. The third-order valence-electron chi connectivity index (χ3n) is 5.24. The van der Waals surface area contributed by atoms with Gasteiger partial charge in [-0.2, -0.15) is 0 Å². The van der Waals surface area contributed by atoms with Gasteiger partial charge in [0.2, 0.25) is 5.91 Å². The van der Waals surface area contributed by atoms with E-state index in [2.05, 4.69) is 35.6 Å². The van der Waals surface area contributed by atoms with Crippen molar-refractivity contribution in [1.82, 2.24) is 10.2 Å². The second-order valence-corrected chi connectivity index (χ2v) is 6.97. The number of carbonyl (C=O) groups excluding carboxylic acids is 1. The largest absolute Gasteiger partial charge is 0.341 e. The molecule has 1 aromatic rings. The molecule has 0 spiro atoms. The van der Waals surface area contributed by atoms with Crippen LogP contribution >= 0.6 is 0 Å².